The molecule has 1 saturated heterocycles. The number of hydrogen-bond donors (Lipinski definition) is 1. The molecule has 0 aliphatic carbocycles. The van der Waals surface area contributed by atoms with E-state index in [9.17, 15) is 10.1 Å². The predicted molar refractivity (Wildman–Crippen MR) is 75.9 cm³/mol. The molecule has 0 saturated carbocycles. The van der Waals surface area contributed by atoms with Crippen LogP contribution in [0.25, 0.3) is 0 Å². The van der Waals surface area contributed by atoms with Gasteiger partial charge in [0.25, 0.3) is 0 Å². The minimum atomic E-state index is -0.307. The van der Waals surface area contributed by atoms with Crippen LogP contribution in [-0.4, -0.2) is 24.1 Å². The van der Waals surface area contributed by atoms with Gasteiger partial charge in [0.1, 0.15) is 0 Å². The van der Waals surface area contributed by atoms with Crippen LogP contribution < -0.4 is 5.73 Å². The summed E-state index contributed by atoms with van der Waals surface area (Å²) < 4.78 is 5.11. The molecular formula is C15H19N3O2. The van der Waals surface area contributed by atoms with E-state index < -0.39 is 0 Å². The molecule has 20 heavy (non-hydrogen) atoms. The van der Waals surface area contributed by atoms with Gasteiger partial charge in [-0.3, -0.25) is 0 Å². The van der Waals surface area contributed by atoms with E-state index in [-0.39, 0.29) is 12.1 Å². The molecule has 2 rings (SSSR count). The second-order valence-electron chi connectivity index (χ2n) is 4.86. The van der Waals surface area contributed by atoms with Gasteiger partial charge in [-0.25, -0.2) is 4.79 Å². The van der Waals surface area contributed by atoms with Gasteiger partial charge in [0, 0.05) is 12.2 Å². The van der Waals surface area contributed by atoms with Gasteiger partial charge in [-0.05, 0) is 43.9 Å². The number of nitrogens with zero attached hydrogens (tertiary/aromatic N) is 2. The summed E-state index contributed by atoms with van der Waals surface area (Å²) in [6, 6.07) is 7.34. The molecule has 1 fully saturated rings. The molecular weight excluding hydrogens is 254 g/mol. The summed E-state index contributed by atoms with van der Waals surface area (Å²) in [7, 11) is 0. The van der Waals surface area contributed by atoms with Crippen molar-refractivity contribution in [3.05, 3.63) is 29.3 Å². The number of amides is 1. The number of hydrogen-bond acceptors (Lipinski definition) is 4. The van der Waals surface area contributed by atoms with E-state index in [4.69, 9.17) is 10.5 Å². The lowest BCUT2D eigenvalue weighted by Gasteiger charge is -2.35. The predicted octanol–water partition coefficient (Wildman–Crippen LogP) is 2.82. The first-order chi connectivity index (χ1) is 9.67. The summed E-state index contributed by atoms with van der Waals surface area (Å²) in [6.45, 7) is 2.81. The van der Waals surface area contributed by atoms with Crippen LogP contribution in [0.5, 0.6) is 0 Å². The van der Waals surface area contributed by atoms with Crippen molar-refractivity contribution in [2.45, 2.75) is 32.2 Å². The lowest BCUT2D eigenvalue weighted by atomic mass is 9.92. The fourth-order valence-electron chi connectivity index (χ4n) is 2.64. The van der Waals surface area contributed by atoms with Crippen LogP contribution in [0.1, 0.15) is 43.4 Å². The van der Waals surface area contributed by atoms with Gasteiger partial charge in [0.15, 0.2) is 0 Å². The fourth-order valence-corrected chi connectivity index (χ4v) is 2.64. The molecule has 1 aromatic rings. The normalized spacial score (nSPS) is 18.4. The largest absolute Gasteiger partial charge is 0.450 e. The van der Waals surface area contributed by atoms with Crippen LogP contribution in [0.3, 0.4) is 0 Å². The molecule has 2 N–H and O–H groups in total. The molecule has 1 aliphatic heterocycles. The van der Waals surface area contributed by atoms with Gasteiger partial charge >= 0.3 is 6.09 Å². The van der Waals surface area contributed by atoms with Crippen LogP contribution >= 0.6 is 0 Å². The van der Waals surface area contributed by atoms with Gasteiger partial charge in [-0.15, -0.1) is 0 Å². The van der Waals surface area contributed by atoms with Crippen LogP contribution in [0.4, 0.5) is 10.5 Å². The number of benzene rings is 1. The Hall–Kier alpha value is -2.22. The quantitative estimate of drug-likeness (QED) is 0.840. The molecule has 1 aromatic carbocycles. The number of ether oxygens (including phenoxy) is 1. The third kappa shape index (κ3) is 2.85. The molecule has 5 nitrogen and oxygen atoms in total. The Morgan fingerprint density at radius 1 is 1.55 bits per heavy atom. The van der Waals surface area contributed by atoms with Crippen molar-refractivity contribution < 1.29 is 9.53 Å². The maximum atomic E-state index is 12.0. The van der Waals surface area contributed by atoms with E-state index in [1.165, 1.54) is 0 Å². The molecule has 0 radical (unpaired) electrons. The molecule has 1 atom stereocenters. The zero-order chi connectivity index (χ0) is 14.5. The molecule has 1 aliphatic rings. The highest BCUT2D eigenvalue weighted by Gasteiger charge is 2.30. The Morgan fingerprint density at radius 3 is 3.05 bits per heavy atom. The van der Waals surface area contributed by atoms with Crippen molar-refractivity contribution in [2.75, 3.05) is 18.9 Å². The third-order valence-electron chi connectivity index (χ3n) is 3.56. The van der Waals surface area contributed by atoms with E-state index in [1.807, 2.05) is 6.07 Å². The van der Waals surface area contributed by atoms with Crippen LogP contribution in [0, 0.1) is 11.3 Å². The second kappa shape index (κ2) is 6.29. The van der Waals surface area contributed by atoms with Gasteiger partial charge in [-0.2, -0.15) is 5.26 Å². The zero-order valence-electron chi connectivity index (χ0n) is 11.6. The van der Waals surface area contributed by atoms with Crippen LogP contribution in [-0.2, 0) is 4.74 Å². The summed E-state index contributed by atoms with van der Waals surface area (Å²) in [5.74, 6) is 0. The minimum absolute atomic E-state index is 0.0990. The highest BCUT2D eigenvalue weighted by molar-refractivity contribution is 5.69. The Balaban J connectivity index is 2.33. The second-order valence-corrected chi connectivity index (χ2v) is 4.86. The number of likely N-dealkylation sites (tertiary alicyclic amines) is 1. The number of anilines is 1. The van der Waals surface area contributed by atoms with E-state index in [0.29, 0.717) is 24.4 Å². The topological polar surface area (TPSA) is 79.3 Å². The summed E-state index contributed by atoms with van der Waals surface area (Å²) in [5.41, 5.74) is 7.67. The molecule has 1 amide bonds. The van der Waals surface area contributed by atoms with E-state index in [0.717, 1.165) is 24.8 Å². The van der Waals surface area contributed by atoms with Crippen molar-refractivity contribution >= 4 is 11.8 Å². The van der Waals surface area contributed by atoms with Crippen molar-refractivity contribution in [3.8, 4) is 6.07 Å². The number of carbonyl (C=O) groups is 1. The lowest BCUT2D eigenvalue weighted by Crippen LogP contribution is -2.39. The summed E-state index contributed by atoms with van der Waals surface area (Å²) in [5, 5.41) is 9.26. The smallest absolute Gasteiger partial charge is 0.410 e. The molecule has 0 aromatic heterocycles. The van der Waals surface area contributed by atoms with Crippen LogP contribution in [0.15, 0.2) is 18.2 Å². The summed E-state index contributed by atoms with van der Waals surface area (Å²) in [6.07, 6.45) is 2.54. The highest BCUT2D eigenvalue weighted by atomic mass is 16.6. The number of nitrogens with two attached hydrogens (primary N) is 1. The molecule has 0 spiro atoms. The number of carbonyl (C=O) groups excluding carboxylic acids is 1. The lowest BCUT2D eigenvalue weighted by molar-refractivity contribution is 0.0766. The fraction of sp³-hybridized carbons (Fsp3) is 0.467. The minimum Gasteiger partial charge on any atom is -0.450 e. The van der Waals surface area contributed by atoms with Crippen molar-refractivity contribution in [1.82, 2.24) is 4.90 Å². The summed E-state index contributed by atoms with van der Waals surface area (Å²) >= 11 is 0. The van der Waals surface area contributed by atoms with E-state index >= 15 is 0 Å². The Bertz CT molecular complexity index is 536. The van der Waals surface area contributed by atoms with E-state index in [2.05, 4.69) is 6.07 Å². The van der Waals surface area contributed by atoms with Crippen molar-refractivity contribution in [2.24, 2.45) is 0 Å². The molecule has 1 heterocycles. The van der Waals surface area contributed by atoms with Crippen molar-refractivity contribution in [1.29, 1.82) is 5.26 Å². The monoisotopic (exact) mass is 273 g/mol. The van der Waals surface area contributed by atoms with Gasteiger partial charge in [0.05, 0.1) is 24.3 Å². The first-order valence-corrected chi connectivity index (χ1v) is 6.90. The highest BCUT2D eigenvalue weighted by Crippen LogP contribution is 2.33. The van der Waals surface area contributed by atoms with Crippen molar-refractivity contribution in [3.63, 3.8) is 0 Å². The SMILES string of the molecule is CCOC(=O)N1CCCCC1c1ccc(N)cc1C#N. The maximum absolute atomic E-state index is 12.0. The molecule has 1 unspecified atom stereocenters. The maximum Gasteiger partial charge on any atom is 0.410 e. The Kier molecular flexibility index (Phi) is 4.46. The van der Waals surface area contributed by atoms with Gasteiger partial charge < -0.3 is 15.4 Å². The first-order valence-electron chi connectivity index (χ1n) is 6.90. The average Bonchev–Trinajstić information content (AvgIpc) is 2.47. The van der Waals surface area contributed by atoms with Crippen LogP contribution in [0.2, 0.25) is 0 Å². The number of nitriles is 1. The first kappa shape index (κ1) is 14.2. The Morgan fingerprint density at radius 2 is 2.35 bits per heavy atom. The van der Waals surface area contributed by atoms with Gasteiger partial charge in [-0.1, -0.05) is 6.07 Å². The molecule has 106 valence electrons. The molecule has 0 bridgehead atoms. The number of piperidine rings is 1. The zero-order valence-corrected chi connectivity index (χ0v) is 11.6. The third-order valence-corrected chi connectivity index (χ3v) is 3.56. The van der Waals surface area contributed by atoms with Gasteiger partial charge in [0.2, 0.25) is 0 Å². The number of nitrogen functional groups attached to an aromatic ring is 1. The molecule has 5 heteroatoms. The Labute approximate surface area is 118 Å². The average molecular weight is 273 g/mol. The number of rotatable bonds is 2. The van der Waals surface area contributed by atoms with E-state index in [1.54, 1.807) is 24.0 Å². The standard InChI is InChI=1S/C15H19N3O2/c1-2-20-15(19)18-8-4-3-5-14(18)13-7-6-12(17)9-11(13)10-16/h6-7,9,14H,2-5,8,17H2,1H3. The summed E-state index contributed by atoms with van der Waals surface area (Å²) in [4.78, 5) is 13.8.